The van der Waals surface area contributed by atoms with Crippen molar-refractivity contribution in [2.45, 2.75) is 32.6 Å². The fraction of sp³-hybridized carbons (Fsp3) is 0.462. The van der Waals surface area contributed by atoms with Crippen LogP contribution in [-0.2, 0) is 0 Å². The maximum Gasteiger partial charge on any atom is 0.289 e. The van der Waals surface area contributed by atoms with E-state index in [-0.39, 0.29) is 5.91 Å². The number of aromatic nitrogens is 1. The Hall–Kier alpha value is -1.71. The SMILES string of the molecule is CC1CCCC/C1=N\NC(=O)c1ccccn1. The van der Waals surface area contributed by atoms with Crippen molar-refractivity contribution in [2.24, 2.45) is 11.0 Å². The summed E-state index contributed by atoms with van der Waals surface area (Å²) in [6.45, 7) is 2.16. The van der Waals surface area contributed by atoms with E-state index in [9.17, 15) is 4.79 Å². The Balaban J connectivity index is 1.97. The van der Waals surface area contributed by atoms with Crippen molar-refractivity contribution in [1.29, 1.82) is 0 Å². The lowest BCUT2D eigenvalue weighted by Crippen LogP contribution is -2.24. The Bertz CT molecular complexity index is 414. The first-order valence-electron chi connectivity index (χ1n) is 6.05. The van der Waals surface area contributed by atoms with Crippen molar-refractivity contribution in [3.8, 4) is 0 Å². The molecule has 1 aliphatic rings. The van der Waals surface area contributed by atoms with Crippen LogP contribution in [0.15, 0.2) is 29.5 Å². The van der Waals surface area contributed by atoms with Crippen LogP contribution in [0.4, 0.5) is 0 Å². The number of pyridine rings is 1. The summed E-state index contributed by atoms with van der Waals surface area (Å²) >= 11 is 0. The van der Waals surface area contributed by atoms with E-state index in [1.165, 1.54) is 12.8 Å². The molecule has 1 amide bonds. The third-order valence-electron chi connectivity index (χ3n) is 3.09. The number of nitrogens with one attached hydrogen (secondary N) is 1. The van der Waals surface area contributed by atoms with E-state index in [0.717, 1.165) is 18.6 Å². The van der Waals surface area contributed by atoms with E-state index < -0.39 is 0 Å². The van der Waals surface area contributed by atoms with Crippen LogP contribution in [0.3, 0.4) is 0 Å². The zero-order chi connectivity index (χ0) is 12.1. The van der Waals surface area contributed by atoms with Crippen LogP contribution < -0.4 is 5.43 Å². The summed E-state index contributed by atoms with van der Waals surface area (Å²) in [5.74, 6) is 0.239. The minimum absolute atomic E-state index is 0.240. The Labute approximate surface area is 101 Å². The molecule has 1 atom stereocenters. The number of carbonyl (C=O) groups is 1. The highest BCUT2D eigenvalue weighted by Crippen LogP contribution is 2.20. The molecule has 4 nitrogen and oxygen atoms in total. The van der Waals surface area contributed by atoms with Crippen molar-refractivity contribution in [2.75, 3.05) is 0 Å². The van der Waals surface area contributed by atoms with E-state index in [1.807, 2.05) is 0 Å². The number of nitrogens with zero attached hydrogens (tertiary/aromatic N) is 2. The van der Waals surface area contributed by atoms with Gasteiger partial charge in [-0.25, -0.2) is 5.43 Å². The summed E-state index contributed by atoms with van der Waals surface area (Å²) in [5.41, 5.74) is 4.09. The number of amides is 1. The lowest BCUT2D eigenvalue weighted by atomic mass is 9.89. The molecule has 1 aliphatic carbocycles. The number of hydrazone groups is 1. The van der Waals surface area contributed by atoms with E-state index in [0.29, 0.717) is 11.6 Å². The second-order valence-electron chi connectivity index (χ2n) is 4.41. The second kappa shape index (κ2) is 5.57. The maximum absolute atomic E-state index is 11.7. The summed E-state index contributed by atoms with van der Waals surface area (Å²) in [5, 5.41) is 4.22. The van der Waals surface area contributed by atoms with Crippen molar-refractivity contribution >= 4 is 11.6 Å². The van der Waals surface area contributed by atoms with Gasteiger partial charge in [-0.2, -0.15) is 5.10 Å². The Morgan fingerprint density at radius 2 is 2.35 bits per heavy atom. The summed E-state index contributed by atoms with van der Waals surface area (Å²) in [7, 11) is 0. The first-order chi connectivity index (χ1) is 8.27. The van der Waals surface area contributed by atoms with Gasteiger partial charge in [-0.05, 0) is 37.3 Å². The molecule has 4 heteroatoms. The van der Waals surface area contributed by atoms with Gasteiger partial charge >= 0.3 is 0 Å². The smallest absolute Gasteiger partial charge is 0.266 e. The van der Waals surface area contributed by atoms with E-state index in [2.05, 4.69) is 22.4 Å². The molecule has 0 spiro atoms. The van der Waals surface area contributed by atoms with Gasteiger partial charge < -0.3 is 0 Å². The molecule has 17 heavy (non-hydrogen) atoms. The van der Waals surface area contributed by atoms with Gasteiger partial charge in [0.05, 0.1) is 0 Å². The molecule has 0 saturated heterocycles. The summed E-state index contributed by atoms with van der Waals surface area (Å²) in [4.78, 5) is 15.7. The van der Waals surface area contributed by atoms with E-state index in [1.54, 1.807) is 24.4 Å². The molecule has 1 unspecified atom stereocenters. The monoisotopic (exact) mass is 231 g/mol. The van der Waals surface area contributed by atoms with Gasteiger partial charge in [-0.1, -0.05) is 19.4 Å². The normalized spacial score (nSPS) is 22.4. The predicted molar refractivity (Wildman–Crippen MR) is 66.8 cm³/mol. The molecule has 2 rings (SSSR count). The lowest BCUT2D eigenvalue weighted by Gasteiger charge is -2.19. The lowest BCUT2D eigenvalue weighted by molar-refractivity contribution is 0.0949. The van der Waals surface area contributed by atoms with Gasteiger partial charge in [-0.3, -0.25) is 9.78 Å². The van der Waals surface area contributed by atoms with Gasteiger partial charge in [0.1, 0.15) is 5.69 Å². The first kappa shape index (κ1) is 11.8. The van der Waals surface area contributed by atoms with Gasteiger partial charge in [0.15, 0.2) is 0 Å². The van der Waals surface area contributed by atoms with Crippen LogP contribution in [0.25, 0.3) is 0 Å². The molecular weight excluding hydrogens is 214 g/mol. The second-order valence-corrected chi connectivity index (χ2v) is 4.41. The Morgan fingerprint density at radius 1 is 1.47 bits per heavy atom. The largest absolute Gasteiger partial charge is 0.289 e. The Morgan fingerprint density at radius 3 is 3.06 bits per heavy atom. The zero-order valence-electron chi connectivity index (χ0n) is 10.0. The topological polar surface area (TPSA) is 54.4 Å². The van der Waals surface area contributed by atoms with Gasteiger partial charge in [0.25, 0.3) is 5.91 Å². The van der Waals surface area contributed by atoms with Crippen LogP contribution in [0.1, 0.15) is 43.1 Å². The first-order valence-corrected chi connectivity index (χ1v) is 6.05. The molecular formula is C13H17N3O. The Kier molecular flexibility index (Phi) is 3.85. The summed E-state index contributed by atoms with van der Waals surface area (Å²) < 4.78 is 0. The summed E-state index contributed by atoms with van der Waals surface area (Å²) in [6, 6.07) is 5.25. The highest BCUT2D eigenvalue weighted by molar-refractivity contribution is 5.94. The maximum atomic E-state index is 11.7. The quantitative estimate of drug-likeness (QED) is 0.794. The van der Waals surface area contributed by atoms with Crippen molar-refractivity contribution in [3.05, 3.63) is 30.1 Å². The number of hydrogen-bond donors (Lipinski definition) is 1. The fourth-order valence-electron chi connectivity index (χ4n) is 2.01. The number of rotatable bonds is 2. The third kappa shape index (κ3) is 3.12. The minimum atomic E-state index is -0.240. The molecule has 90 valence electrons. The number of carbonyl (C=O) groups excluding carboxylic acids is 1. The molecule has 0 radical (unpaired) electrons. The van der Waals surface area contributed by atoms with Crippen LogP contribution in [0, 0.1) is 5.92 Å². The standard InChI is InChI=1S/C13H17N3O/c1-10-6-2-3-7-11(10)15-16-13(17)12-8-4-5-9-14-12/h4-5,8-10H,2-3,6-7H2,1H3,(H,16,17)/b15-11+. The van der Waals surface area contributed by atoms with Gasteiger partial charge in [0.2, 0.25) is 0 Å². The summed E-state index contributed by atoms with van der Waals surface area (Å²) in [6.07, 6.45) is 6.18. The van der Waals surface area contributed by atoms with Crippen LogP contribution in [0.5, 0.6) is 0 Å². The minimum Gasteiger partial charge on any atom is -0.266 e. The van der Waals surface area contributed by atoms with Gasteiger partial charge in [0, 0.05) is 11.9 Å². The third-order valence-corrected chi connectivity index (χ3v) is 3.09. The van der Waals surface area contributed by atoms with E-state index in [4.69, 9.17) is 0 Å². The highest BCUT2D eigenvalue weighted by atomic mass is 16.2. The van der Waals surface area contributed by atoms with Crippen LogP contribution in [-0.4, -0.2) is 16.6 Å². The molecule has 1 heterocycles. The molecule has 1 aromatic heterocycles. The molecule has 0 aliphatic heterocycles. The molecule has 1 aromatic rings. The van der Waals surface area contributed by atoms with Gasteiger partial charge in [-0.15, -0.1) is 0 Å². The van der Waals surface area contributed by atoms with Crippen LogP contribution in [0.2, 0.25) is 0 Å². The highest BCUT2D eigenvalue weighted by Gasteiger charge is 2.16. The fourth-order valence-corrected chi connectivity index (χ4v) is 2.01. The molecule has 1 N–H and O–H groups in total. The number of hydrogen-bond acceptors (Lipinski definition) is 3. The van der Waals surface area contributed by atoms with Crippen molar-refractivity contribution in [3.63, 3.8) is 0 Å². The predicted octanol–water partition coefficient (Wildman–Crippen LogP) is 2.38. The molecule has 1 fully saturated rings. The molecule has 0 bridgehead atoms. The van der Waals surface area contributed by atoms with E-state index >= 15 is 0 Å². The van der Waals surface area contributed by atoms with Crippen molar-refractivity contribution < 1.29 is 4.79 Å². The molecule has 1 saturated carbocycles. The average molecular weight is 231 g/mol. The van der Waals surface area contributed by atoms with Crippen LogP contribution >= 0.6 is 0 Å². The molecule has 0 aromatic carbocycles. The zero-order valence-corrected chi connectivity index (χ0v) is 10.0. The average Bonchev–Trinajstić information content (AvgIpc) is 2.38. The van der Waals surface area contributed by atoms with Crippen molar-refractivity contribution in [1.82, 2.24) is 10.4 Å².